The number of hydrazine groups is 1. The molecule has 0 atom stereocenters. The van der Waals surface area contributed by atoms with Crippen molar-refractivity contribution in [2.45, 2.75) is 44.9 Å². The van der Waals surface area contributed by atoms with Crippen molar-refractivity contribution in [3.05, 3.63) is 33.8 Å². The van der Waals surface area contributed by atoms with E-state index in [1.165, 1.54) is 31.4 Å². The van der Waals surface area contributed by atoms with Gasteiger partial charge in [0.1, 0.15) is 0 Å². The van der Waals surface area contributed by atoms with Crippen molar-refractivity contribution in [2.24, 2.45) is 23.2 Å². The maximum Gasteiger partial charge on any atom is 0.257 e. The molecule has 4 aliphatic carbocycles. The maximum absolute atomic E-state index is 12.4. The maximum atomic E-state index is 12.4. The van der Waals surface area contributed by atoms with Crippen molar-refractivity contribution in [3.8, 4) is 0 Å². The van der Waals surface area contributed by atoms with Gasteiger partial charge in [-0.2, -0.15) is 0 Å². The van der Waals surface area contributed by atoms with Gasteiger partial charge in [-0.3, -0.25) is 25.2 Å². The summed E-state index contributed by atoms with van der Waals surface area (Å²) in [5, 5.41) is 3.11. The minimum Gasteiger partial charge on any atom is -0.343 e. The smallest absolute Gasteiger partial charge is 0.257 e. The Morgan fingerprint density at radius 1 is 0.931 bits per heavy atom. The molecule has 29 heavy (non-hydrogen) atoms. The van der Waals surface area contributed by atoms with Gasteiger partial charge < -0.3 is 5.32 Å². The Morgan fingerprint density at radius 2 is 1.52 bits per heavy atom. The molecule has 0 saturated heterocycles. The molecule has 3 amide bonds. The fourth-order valence-electron chi connectivity index (χ4n) is 6.00. The Kier molecular flexibility index (Phi) is 5.76. The van der Waals surface area contributed by atoms with Crippen molar-refractivity contribution < 1.29 is 14.4 Å². The molecule has 4 aliphatic rings. The highest BCUT2D eigenvalue weighted by Crippen LogP contribution is 2.61. The summed E-state index contributed by atoms with van der Waals surface area (Å²) >= 11 is 11.8. The summed E-state index contributed by atoms with van der Waals surface area (Å²) in [5.74, 6) is 1.19. The summed E-state index contributed by atoms with van der Waals surface area (Å²) in [5.41, 5.74) is 5.24. The molecule has 4 fully saturated rings. The highest BCUT2D eigenvalue weighted by molar-refractivity contribution is 6.36. The van der Waals surface area contributed by atoms with Gasteiger partial charge in [0, 0.05) is 11.4 Å². The van der Waals surface area contributed by atoms with Crippen LogP contribution >= 0.6 is 23.2 Å². The lowest BCUT2D eigenvalue weighted by Crippen LogP contribution is -2.51. The van der Waals surface area contributed by atoms with Crippen LogP contribution in [0.5, 0.6) is 0 Å². The predicted octanol–water partition coefficient (Wildman–Crippen LogP) is 3.48. The fourth-order valence-corrected chi connectivity index (χ4v) is 6.50. The van der Waals surface area contributed by atoms with Gasteiger partial charge in [-0.1, -0.05) is 23.2 Å². The summed E-state index contributed by atoms with van der Waals surface area (Å²) in [4.78, 5) is 36.5. The summed E-state index contributed by atoms with van der Waals surface area (Å²) < 4.78 is 0. The van der Waals surface area contributed by atoms with E-state index < -0.39 is 11.8 Å². The highest BCUT2D eigenvalue weighted by Gasteiger charge is 2.51. The summed E-state index contributed by atoms with van der Waals surface area (Å²) in [7, 11) is 0. The van der Waals surface area contributed by atoms with E-state index in [0.29, 0.717) is 11.4 Å². The largest absolute Gasteiger partial charge is 0.343 e. The van der Waals surface area contributed by atoms with Gasteiger partial charge in [0.2, 0.25) is 5.91 Å². The molecule has 4 bridgehead atoms. The number of nitrogens with one attached hydrogen (secondary N) is 3. The first kappa shape index (κ1) is 20.5. The molecule has 5 rings (SSSR count). The van der Waals surface area contributed by atoms with E-state index in [2.05, 4.69) is 16.2 Å². The lowest BCUT2D eigenvalue weighted by Gasteiger charge is -2.56. The molecule has 0 unspecified atom stereocenters. The number of halogens is 2. The van der Waals surface area contributed by atoms with Crippen LogP contribution in [-0.2, 0) is 9.59 Å². The van der Waals surface area contributed by atoms with E-state index in [0.717, 1.165) is 37.0 Å². The van der Waals surface area contributed by atoms with Crippen molar-refractivity contribution in [1.82, 2.24) is 16.2 Å². The van der Waals surface area contributed by atoms with Crippen LogP contribution in [0, 0.1) is 23.2 Å². The molecule has 0 heterocycles. The minimum absolute atomic E-state index is 0.114. The normalized spacial score (nSPS) is 29.4. The second-order valence-electron chi connectivity index (χ2n) is 9.00. The van der Waals surface area contributed by atoms with Crippen LogP contribution in [0.1, 0.15) is 55.3 Å². The standard InChI is InChI=1S/C21H25Cl2N3O3/c22-15-1-2-16(17(23)6-15)20(29)24-11-19(28)26-25-18(27)10-21-7-12-3-13(8-21)5-14(4-12)9-21/h1-2,6,12-14H,3-5,7-11H2,(H,24,29)(H,25,27)(H,26,28). The second kappa shape index (κ2) is 8.15. The quantitative estimate of drug-likeness (QED) is 0.616. The van der Waals surface area contributed by atoms with Gasteiger partial charge in [0.05, 0.1) is 17.1 Å². The van der Waals surface area contributed by atoms with E-state index in [1.54, 1.807) is 6.07 Å². The number of hydrogen-bond acceptors (Lipinski definition) is 3. The van der Waals surface area contributed by atoms with E-state index in [1.807, 2.05) is 0 Å². The zero-order valence-corrected chi connectivity index (χ0v) is 17.6. The van der Waals surface area contributed by atoms with Gasteiger partial charge >= 0.3 is 0 Å². The van der Waals surface area contributed by atoms with Crippen molar-refractivity contribution >= 4 is 40.9 Å². The number of hydrogen-bond donors (Lipinski definition) is 3. The Labute approximate surface area is 180 Å². The molecule has 0 aliphatic heterocycles. The number of benzene rings is 1. The van der Waals surface area contributed by atoms with E-state index in [-0.39, 0.29) is 28.5 Å². The molecule has 0 radical (unpaired) electrons. The lowest BCUT2D eigenvalue weighted by atomic mass is 9.49. The summed E-state index contributed by atoms with van der Waals surface area (Å²) in [6.45, 7) is -0.268. The van der Waals surface area contributed by atoms with Gasteiger partial charge in [0.15, 0.2) is 0 Å². The molecule has 3 N–H and O–H groups in total. The molecule has 8 heteroatoms. The number of carbonyl (C=O) groups excluding carboxylic acids is 3. The van der Waals surface area contributed by atoms with Crippen LogP contribution in [0.25, 0.3) is 0 Å². The van der Waals surface area contributed by atoms with Crippen molar-refractivity contribution in [2.75, 3.05) is 6.54 Å². The Morgan fingerprint density at radius 3 is 2.10 bits per heavy atom. The zero-order chi connectivity index (χ0) is 20.6. The number of carbonyl (C=O) groups is 3. The van der Waals surface area contributed by atoms with Crippen molar-refractivity contribution in [1.29, 1.82) is 0 Å². The second-order valence-corrected chi connectivity index (χ2v) is 9.84. The van der Waals surface area contributed by atoms with E-state index >= 15 is 0 Å². The van der Waals surface area contributed by atoms with Gasteiger partial charge in [0.25, 0.3) is 11.8 Å². The Bertz CT molecular complexity index is 807. The molecule has 6 nitrogen and oxygen atoms in total. The average Bonchev–Trinajstić information content (AvgIpc) is 2.63. The van der Waals surface area contributed by atoms with E-state index in [4.69, 9.17) is 23.2 Å². The monoisotopic (exact) mass is 437 g/mol. The van der Waals surface area contributed by atoms with Crippen molar-refractivity contribution in [3.63, 3.8) is 0 Å². The van der Waals surface area contributed by atoms with Gasteiger partial charge in [-0.25, -0.2) is 0 Å². The van der Waals surface area contributed by atoms with E-state index in [9.17, 15) is 14.4 Å². The third kappa shape index (κ3) is 4.69. The lowest BCUT2D eigenvalue weighted by molar-refractivity contribution is -0.134. The fraction of sp³-hybridized carbons (Fsp3) is 0.571. The minimum atomic E-state index is -0.498. The first-order valence-corrected chi connectivity index (χ1v) is 10.9. The highest BCUT2D eigenvalue weighted by atomic mass is 35.5. The SMILES string of the molecule is O=C(CNC(=O)c1ccc(Cl)cc1Cl)NNC(=O)CC12CC3CC(CC(C3)C1)C2. The third-order valence-electron chi connectivity index (χ3n) is 6.63. The van der Waals surface area contributed by atoms with Crippen LogP contribution in [0.15, 0.2) is 18.2 Å². The van der Waals surface area contributed by atoms with Gasteiger partial charge in [-0.15, -0.1) is 0 Å². The average molecular weight is 438 g/mol. The number of amides is 3. The first-order chi connectivity index (χ1) is 13.8. The zero-order valence-electron chi connectivity index (χ0n) is 16.1. The molecule has 0 spiro atoms. The molecule has 1 aromatic rings. The van der Waals surface area contributed by atoms with Crippen LogP contribution < -0.4 is 16.2 Å². The Hall–Kier alpha value is -1.79. The topological polar surface area (TPSA) is 87.3 Å². The summed E-state index contributed by atoms with van der Waals surface area (Å²) in [6, 6.07) is 4.50. The van der Waals surface area contributed by atoms with Gasteiger partial charge in [-0.05, 0) is 79.9 Å². The number of rotatable bonds is 5. The molecular weight excluding hydrogens is 413 g/mol. The first-order valence-electron chi connectivity index (χ1n) is 10.1. The van der Waals surface area contributed by atoms with Crippen LogP contribution in [-0.4, -0.2) is 24.3 Å². The predicted molar refractivity (Wildman–Crippen MR) is 110 cm³/mol. The Balaban J connectivity index is 1.21. The molecule has 0 aromatic heterocycles. The van der Waals surface area contributed by atoms with Crippen LogP contribution in [0.3, 0.4) is 0 Å². The third-order valence-corrected chi connectivity index (χ3v) is 7.18. The van der Waals surface area contributed by atoms with Crippen LogP contribution in [0.2, 0.25) is 10.0 Å². The molecular formula is C21H25Cl2N3O3. The summed E-state index contributed by atoms with van der Waals surface area (Å²) in [6.07, 6.45) is 7.86. The van der Waals surface area contributed by atoms with Crippen LogP contribution in [0.4, 0.5) is 0 Å². The molecule has 156 valence electrons. The molecule has 4 saturated carbocycles. The molecule has 1 aromatic carbocycles.